The number of aliphatic imine (C=N–C) groups is 1. The van der Waals surface area contributed by atoms with Crippen LogP contribution >= 0.6 is 11.6 Å². The minimum Gasteiger partial charge on any atom is -0.354 e. The van der Waals surface area contributed by atoms with E-state index in [1.165, 1.54) is 5.69 Å². The fourth-order valence-electron chi connectivity index (χ4n) is 2.45. The Morgan fingerprint density at radius 2 is 1.92 bits per heavy atom. The Hall–Kier alpha value is -2.47. The van der Waals surface area contributed by atoms with Crippen LogP contribution in [0.3, 0.4) is 0 Å². The van der Waals surface area contributed by atoms with Crippen LogP contribution in [0.15, 0.2) is 47.6 Å². The van der Waals surface area contributed by atoms with Crippen molar-refractivity contribution in [3.05, 3.63) is 58.9 Å². The van der Waals surface area contributed by atoms with Crippen LogP contribution in [0.2, 0.25) is 5.02 Å². The minimum absolute atomic E-state index is 0.181. The van der Waals surface area contributed by atoms with E-state index in [1.54, 1.807) is 31.3 Å². The van der Waals surface area contributed by atoms with Gasteiger partial charge < -0.3 is 20.1 Å². The van der Waals surface area contributed by atoms with Gasteiger partial charge in [0.1, 0.15) is 0 Å². The standard InChI is InChI=1S/C18H24ClN5O/c1-20-18(24(3)13-14-7-6-12-23(14)2)22-11-10-21-17(25)15-8-4-5-9-16(15)19/h4-9,12H,10-11,13H2,1-3H3,(H,20,22)(H,21,25). The summed E-state index contributed by atoms with van der Waals surface area (Å²) in [5.74, 6) is 0.591. The molecule has 0 radical (unpaired) electrons. The van der Waals surface area contributed by atoms with Crippen molar-refractivity contribution in [2.24, 2.45) is 12.0 Å². The van der Waals surface area contributed by atoms with E-state index in [2.05, 4.69) is 26.3 Å². The molecule has 0 aliphatic rings. The normalized spacial score (nSPS) is 11.3. The molecule has 0 atom stereocenters. The summed E-state index contributed by atoms with van der Waals surface area (Å²) in [5, 5.41) is 6.54. The molecule has 0 aliphatic carbocycles. The molecule has 0 spiro atoms. The maximum atomic E-state index is 12.1. The number of amides is 1. The lowest BCUT2D eigenvalue weighted by Gasteiger charge is -2.22. The van der Waals surface area contributed by atoms with Crippen molar-refractivity contribution < 1.29 is 4.79 Å². The molecular formula is C18H24ClN5O. The van der Waals surface area contributed by atoms with Crippen LogP contribution < -0.4 is 10.6 Å². The van der Waals surface area contributed by atoms with Gasteiger partial charge in [-0.1, -0.05) is 23.7 Å². The predicted molar refractivity (Wildman–Crippen MR) is 102 cm³/mol. The van der Waals surface area contributed by atoms with E-state index < -0.39 is 0 Å². The number of hydrogen-bond donors (Lipinski definition) is 2. The van der Waals surface area contributed by atoms with Gasteiger partial charge in [0.25, 0.3) is 5.91 Å². The van der Waals surface area contributed by atoms with Crippen molar-refractivity contribution in [2.45, 2.75) is 6.54 Å². The Labute approximate surface area is 153 Å². The van der Waals surface area contributed by atoms with Crippen LogP contribution in [0.4, 0.5) is 0 Å². The summed E-state index contributed by atoms with van der Waals surface area (Å²) in [6.45, 7) is 1.79. The highest BCUT2D eigenvalue weighted by Gasteiger charge is 2.10. The molecule has 6 nitrogen and oxygen atoms in total. The highest BCUT2D eigenvalue weighted by Crippen LogP contribution is 2.14. The van der Waals surface area contributed by atoms with E-state index in [9.17, 15) is 4.79 Å². The number of carbonyl (C=O) groups excluding carboxylic acids is 1. The van der Waals surface area contributed by atoms with E-state index in [0.29, 0.717) is 23.7 Å². The Morgan fingerprint density at radius 3 is 2.56 bits per heavy atom. The molecule has 0 bridgehead atoms. The lowest BCUT2D eigenvalue weighted by molar-refractivity contribution is 0.0954. The molecule has 0 unspecified atom stereocenters. The van der Waals surface area contributed by atoms with Crippen LogP contribution in [0, 0.1) is 0 Å². The summed E-state index contributed by atoms with van der Waals surface area (Å²) in [7, 11) is 5.74. The Kier molecular flexibility index (Phi) is 6.89. The third kappa shape index (κ3) is 5.26. The third-order valence-corrected chi connectivity index (χ3v) is 4.17. The number of carbonyl (C=O) groups is 1. The monoisotopic (exact) mass is 361 g/mol. The highest BCUT2D eigenvalue weighted by atomic mass is 35.5. The number of nitrogens with zero attached hydrogens (tertiary/aromatic N) is 3. The number of hydrogen-bond acceptors (Lipinski definition) is 2. The molecule has 1 aromatic carbocycles. The fourth-order valence-corrected chi connectivity index (χ4v) is 2.68. The van der Waals surface area contributed by atoms with Gasteiger partial charge in [-0.05, 0) is 24.3 Å². The van der Waals surface area contributed by atoms with Crippen LogP contribution in [-0.4, -0.2) is 48.5 Å². The van der Waals surface area contributed by atoms with Gasteiger partial charge in [-0.15, -0.1) is 0 Å². The largest absolute Gasteiger partial charge is 0.354 e. The van der Waals surface area contributed by atoms with Gasteiger partial charge in [0.05, 0.1) is 17.1 Å². The number of halogens is 1. The molecule has 0 saturated carbocycles. The first kappa shape index (κ1) is 18.9. The van der Waals surface area contributed by atoms with E-state index in [0.717, 1.165) is 12.5 Å². The fraction of sp³-hybridized carbons (Fsp3) is 0.333. The van der Waals surface area contributed by atoms with Crippen molar-refractivity contribution >= 4 is 23.5 Å². The molecule has 2 aromatic rings. The maximum Gasteiger partial charge on any atom is 0.252 e. The number of benzene rings is 1. The lowest BCUT2D eigenvalue weighted by Crippen LogP contribution is -2.42. The van der Waals surface area contributed by atoms with E-state index >= 15 is 0 Å². The summed E-state index contributed by atoms with van der Waals surface area (Å²) in [6.07, 6.45) is 2.02. The lowest BCUT2D eigenvalue weighted by atomic mass is 10.2. The van der Waals surface area contributed by atoms with Gasteiger partial charge in [0, 0.05) is 46.1 Å². The van der Waals surface area contributed by atoms with Crippen LogP contribution in [0.5, 0.6) is 0 Å². The van der Waals surface area contributed by atoms with Gasteiger partial charge in [-0.2, -0.15) is 0 Å². The summed E-state index contributed by atoms with van der Waals surface area (Å²) < 4.78 is 2.08. The van der Waals surface area contributed by atoms with Crippen molar-refractivity contribution in [3.63, 3.8) is 0 Å². The zero-order valence-electron chi connectivity index (χ0n) is 14.8. The van der Waals surface area contributed by atoms with Gasteiger partial charge in [0.15, 0.2) is 5.96 Å². The molecule has 25 heavy (non-hydrogen) atoms. The Bertz CT molecular complexity index is 741. The number of aryl methyl sites for hydroxylation is 1. The smallest absolute Gasteiger partial charge is 0.252 e. The van der Waals surface area contributed by atoms with Crippen molar-refractivity contribution in [3.8, 4) is 0 Å². The molecule has 134 valence electrons. The van der Waals surface area contributed by atoms with Gasteiger partial charge >= 0.3 is 0 Å². The zero-order valence-corrected chi connectivity index (χ0v) is 15.5. The second-order valence-electron chi connectivity index (χ2n) is 5.68. The molecule has 7 heteroatoms. The summed E-state index contributed by atoms with van der Waals surface area (Å²) >= 11 is 6.02. The first-order valence-corrected chi connectivity index (χ1v) is 8.45. The summed E-state index contributed by atoms with van der Waals surface area (Å²) in [6, 6.07) is 11.1. The minimum atomic E-state index is -0.181. The number of rotatable bonds is 6. The highest BCUT2D eigenvalue weighted by molar-refractivity contribution is 6.33. The van der Waals surface area contributed by atoms with Crippen molar-refractivity contribution in [2.75, 3.05) is 27.2 Å². The number of guanidine groups is 1. The first-order chi connectivity index (χ1) is 12.0. The van der Waals surface area contributed by atoms with Crippen LogP contribution in [0.1, 0.15) is 16.1 Å². The molecule has 0 saturated heterocycles. The van der Waals surface area contributed by atoms with Crippen molar-refractivity contribution in [1.82, 2.24) is 20.1 Å². The third-order valence-electron chi connectivity index (χ3n) is 3.84. The van der Waals surface area contributed by atoms with E-state index in [4.69, 9.17) is 11.6 Å². The molecule has 2 N–H and O–H groups in total. The maximum absolute atomic E-state index is 12.1. The predicted octanol–water partition coefficient (Wildman–Crippen LogP) is 2.12. The van der Waals surface area contributed by atoms with Gasteiger partial charge in [-0.25, -0.2) is 0 Å². The molecule has 0 fully saturated rings. The molecule has 0 aliphatic heterocycles. The average molecular weight is 362 g/mol. The molecule has 1 amide bonds. The first-order valence-electron chi connectivity index (χ1n) is 8.07. The van der Waals surface area contributed by atoms with Gasteiger partial charge in [-0.3, -0.25) is 9.79 Å². The van der Waals surface area contributed by atoms with E-state index in [-0.39, 0.29) is 5.91 Å². The molecule has 1 heterocycles. The molecule has 1 aromatic heterocycles. The second kappa shape index (κ2) is 9.13. The Morgan fingerprint density at radius 1 is 1.20 bits per heavy atom. The zero-order chi connectivity index (χ0) is 18.2. The SMILES string of the molecule is CN=C(NCCNC(=O)c1ccccc1Cl)N(C)Cc1cccn1C. The number of nitrogens with one attached hydrogen (secondary N) is 2. The second-order valence-corrected chi connectivity index (χ2v) is 6.08. The van der Waals surface area contributed by atoms with E-state index in [1.807, 2.05) is 31.3 Å². The molecular weight excluding hydrogens is 338 g/mol. The van der Waals surface area contributed by atoms with Gasteiger partial charge in [0.2, 0.25) is 0 Å². The topological polar surface area (TPSA) is 61.7 Å². The molecule has 2 rings (SSSR count). The van der Waals surface area contributed by atoms with Crippen LogP contribution in [0.25, 0.3) is 0 Å². The van der Waals surface area contributed by atoms with Crippen molar-refractivity contribution in [1.29, 1.82) is 0 Å². The Balaban J connectivity index is 1.78. The summed E-state index contributed by atoms with van der Waals surface area (Å²) in [5.41, 5.74) is 1.67. The quantitative estimate of drug-likeness (QED) is 0.470. The van der Waals surface area contributed by atoms with Crippen LogP contribution in [-0.2, 0) is 13.6 Å². The summed E-state index contributed by atoms with van der Waals surface area (Å²) in [4.78, 5) is 18.4. The number of aromatic nitrogens is 1. The average Bonchev–Trinajstić information content (AvgIpc) is 3.00.